The molecule has 2 aliphatic rings. The molecule has 5 nitrogen and oxygen atoms in total. The Morgan fingerprint density at radius 2 is 2.00 bits per heavy atom. The van der Waals surface area contributed by atoms with E-state index in [0.717, 1.165) is 43.0 Å². The maximum absolute atomic E-state index is 13.1. The SMILES string of the molecule is C/C(=C1/CO[C@@H]2CN(Cc3ccoc3)C[C@H]2N1)c1ccc(F)cc1.CCN. The van der Waals surface area contributed by atoms with Gasteiger partial charge in [-0.1, -0.05) is 19.1 Å². The van der Waals surface area contributed by atoms with Crippen molar-refractivity contribution in [2.45, 2.75) is 32.5 Å². The van der Waals surface area contributed by atoms with E-state index in [1.165, 1.54) is 17.7 Å². The van der Waals surface area contributed by atoms with Gasteiger partial charge in [-0.3, -0.25) is 4.90 Å². The molecule has 0 spiro atoms. The maximum atomic E-state index is 13.1. The lowest BCUT2D eigenvalue weighted by molar-refractivity contribution is 0.0363. The van der Waals surface area contributed by atoms with Crippen molar-refractivity contribution in [1.82, 2.24) is 10.2 Å². The molecule has 0 saturated carbocycles. The van der Waals surface area contributed by atoms with E-state index >= 15 is 0 Å². The number of allylic oxidation sites excluding steroid dienone is 1. The number of hydrogen-bond acceptors (Lipinski definition) is 5. The molecule has 2 fully saturated rings. The zero-order valence-electron chi connectivity index (χ0n) is 16.0. The molecule has 1 aromatic carbocycles. The maximum Gasteiger partial charge on any atom is 0.123 e. The number of halogens is 1. The van der Waals surface area contributed by atoms with Gasteiger partial charge in [0.2, 0.25) is 0 Å². The van der Waals surface area contributed by atoms with Crippen LogP contribution in [0.3, 0.4) is 0 Å². The molecule has 3 heterocycles. The third-order valence-electron chi connectivity index (χ3n) is 4.86. The van der Waals surface area contributed by atoms with Gasteiger partial charge in [-0.05, 0) is 42.8 Å². The van der Waals surface area contributed by atoms with Crippen LogP contribution in [0, 0.1) is 5.82 Å². The Morgan fingerprint density at radius 1 is 1.26 bits per heavy atom. The molecule has 146 valence electrons. The first-order valence-corrected chi connectivity index (χ1v) is 9.38. The lowest BCUT2D eigenvalue weighted by atomic mass is 10.0. The number of likely N-dealkylation sites (tertiary alicyclic amines) is 1. The van der Waals surface area contributed by atoms with Gasteiger partial charge in [-0.25, -0.2) is 4.39 Å². The standard InChI is InChI=1S/C19H21FN2O2.C2H7N/c1-13(15-2-4-16(20)5-3-15)18-12-24-19-10-22(9-17(19)21-18)8-14-6-7-23-11-14;1-2-3/h2-7,11,17,19,21H,8-10,12H2,1H3;2-3H2,1H3/b18-13+;/t17-,19-;/m1./s1. The quantitative estimate of drug-likeness (QED) is 0.866. The van der Waals surface area contributed by atoms with Gasteiger partial charge >= 0.3 is 0 Å². The van der Waals surface area contributed by atoms with Crippen LogP contribution in [0.1, 0.15) is 25.0 Å². The third-order valence-corrected chi connectivity index (χ3v) is 4.86. The van der Waals surface area contributed by atoms with Crippen molar-refractivity contribution >= 4 is 5.57 Å². The Kier molecular flexibility index (Phi) is 6.66. The Labute approximate surface area is 160 Å². The number of benzene rings is 1. The molecule has 0 amide bonds. The van der Waals surface area contributed by atoms with Crippen molar-refractivity contribution in [2.24, 2.45) is 5.73 Å². The normalized spacial score (nSPS) is 23.9. The van der Waals surface area contributed by atoms with Crippen LogP contribution < -0.4 is 11.1 Å². The van der Waals surface area contributed by atoms with Gasteiger partial charge in [0.05, 0.1) is 31.3 Å². The molecule has 27 heavy (non-hydrogen) atoms. The number of hydrogen-bond donors (Lipinski definition) is 2. The summed E-state index contributed by atoms with van der Waals surface area (Å²) in [5.41, 5.74) is 9.26. The van der Waals surface area contributed by atoms with Crippen molar-refractivity contribution in [3.8, 4) is 0 Å². The minimum Gasteiger partial charge on any atom is -0.472 e. The average Bonchev–Trinajstić information content (AvgIpc) is 3.31. The first-order chi connectivity index (χ1) is 13.1. The molecular weight excluding hydrogens is 345 g/mol. The highest BCUT2D eigenvalue weighted by Crippen LogP contribution is 2.26. The molecule has 2 atom stereocenters. The van der Waals surface area contributed by atoms with Gasteiger partial charge in [-0.15, -0.1) is 0 Å². The molecule has 4 rings (SSSR count). The number of furan rings is 1. The summed E-state index contributed by atoms with van der Waals surface area (Å²) in [6, 6.07) is 8.90. The second kappa shape index (κ2) is 9.17. The average molecular weight is 373 g/mol. The molecule has 0 unspecified atom stereocenters. The van der Waals surface area contributed by atoms with E-state index < -0.39 is 0 Å². The lowest BCUT2D eigenvalue weighted by Crippen LogP contribution is -2.46. The summed E-state index contributed by atoms with van der Waals surface area (Å²) in [5, 5.41) is 3.63. The topological polar surface area (TPSA) is 63.7 Å². The van der Waals surface area contributed by atoms with Crippen LogP contribution >= 0.6 is 0 Å². The molecule has 6 heteroatoms. The summed E-state index contributed by atoms with van der Waals surface area (Å²) in [5.74, 6) is -0.213. The van der Waals surface area contributed by atoms with E-state index in [-0.39, 0.29) is 18.0 Å². The summed E-state index contributed by atoms with van der Waals surface area (Å²) >= 11 is 0. The molecule has 1 aromatic heterocycles. The first-order valence-electron chi connectivity index (χ1n) is 9.38. The van der Waals surface area contributed by atoms with Gasteiger partial charge in [0, 0.05) is 30.9 Å². The van der Waals surface area contributed by atoms with Crippen LogP contribution in [0.4, 0.5) is 4.39 Å². The Morgan fingerprint density at radius 3 is 2.67 bits per heavy atom. The van der Waals surface area contributed by atoms with Crippen LogP contribution in [-0.2, 0) is 11.3 Å². The number of nitrogens with zero attached hydrogens (tertiary/aromatic N) is 1. The van der Waals surface area contributed by atoms with E-state index in [1.54, 1.807) is 12.5 Å². The van der Waals surface area contributed by atoms with E-state index in [1.807, 2.05) is 25.1 Å². The minimum absolute atomic E-state index is 0.210. The molecule has 0 bridgehead atoms. The monoisotopic (exact) mass is 373 g/mol. The van der Waals surface area contributed by atoms with Crippen molar-refractivity contribution in [1.29, 1.82) is 0 Å². The fourth-order valence-electron chi connectivity index (χ4n) is 3.48. The summed E-state index contributed by atoms with van der Waals surface area (Å²) in [4.78, 5) is 2.38. The number of morpholine rings is 1. The van der Waals surface area contributed by atoms with Crippen LogP contribution in [0.5, 0.6) is 0 Å². The van der Waals surface area contributed by atoms with Crippen molar-refractivity contribution in [3.05, 3.63) is 65.5 Å². The summed E-state index contributed by atoms with van der Waals surface area (Å²) in [7, 11) is 0. The molecule has 2 aromatic rings. The van der Waals surface area contributed by atoms with E-state index in [0.29, 0.717) is 6.61 Å². The third kappa shape index (κ3) is 4.97. The molecule has 3 N–H and O–H groups in total. The van der Waals surface area contributed by atoms with Crippen molar-refractivity contribution < 1.29 is 13.5 Å². The Balaban J connectivity index is 0.000000659. The predicted molar refractivity (Wildman–Crippen MR) is 104 cm³/mol. The smallest absolute Gasteiger partial charge is 0.123 e. The number of nitrogens with two attached hydrogens (primary N) is 1. The molecular formula is C21H28FN3O2. The highest BCUT2D eigenvalue weighted by atomic mass is 19.1. The lowest BCUT2D eigenvalue weighted by Gasteiger charge is -2.30. The van der Waals surface area contributed by atoms with Crippen LogP contribution in [-0.4, -0.2) is 43.3 Å². The second-order valence-corrected chi connectivity index (χ2v) is 6.94. The summed E-state index contributed by atoms with van der Waals surface area (Å²) in [6.45, 7) is 8.02. The van der Waals surface area contributed by atoms with Crippen molar-refractivity contribution in [2.75, 3.05) is 26.2 Å². The first kappa shape index (κ1) is 19.6. The molecule has 2 aliphatic heterocycles. The van der Waals surface area contributed by atoms with Gasteiger partial charge in [-0.2, -0.15) is 0 Å². The zero-order valence-corrected chi connectivity index (χ0v) is 16.0. The Bertz CT molecular complexity index is 743. The number of rotatable bonds is 3. The van der Waals surface area contributed by atoms with Crippen LogP contribution in [0.2, 0.25) is 0 Å². The minimum atomic E-state index is -0.213. The van der Waals surface area contributed by atoms with E-state index in [2.05, 4.69) is 17.1 Å². The summed E-state index contributed by atoms with van der Waals surface area (Å²) in [6.07, 6.45) is 3.71. The molecule has 0 radical (unpaired) electrons. The Hall–Kier alpha value is -2.15. The van der Waals surface area contributed by atoms with Gasteiger partial charge in [0.1, 0.15) is 5.82 Å². The second-order valence-electron chi connectivity index (χ2n) is 6.94. The number of fused-ring (bicyclic) bond motifs is 1. The largest absolute Gasteiger partial charge is 0.472 e. The fourth-order valence-corrected chi connectivity index (χ4v) is 3.48. The van der Waals surface area contributed by atoms with E-state index in [9.17, 15) is 4.39 Å². The van der Waals surface area contributed by atoms with Gasteiger partial charge in [0.25, 0.3) is 0 Å². The van der Waals surface area contributed by atoms with Crippen LogP contribution in [0.25, 0.3) is 5.57 Å². The molecule has 0 aliphatic carbocycles. The molecule has 2 saturated heterocycles. The number of ether oxygens (including phenoxy) is 1. The van der Waals surface area contributed by atoms with Gasteiger partial charge < -0.3 is 20.2 Å². The number of nitrogens with one attached hydrogen (secondary N) is 1. The van der Waals surface area contributed by atoms with E-state index in [4.69, 9.17) is 14.9 Å². The highest BCUT2D eigenvalue weighted by molar-refractivity contribution is 5.66. The van der Waals surface area contributed by atoms with Crippen molar-refractivity contribution in [3.63, 3.8) is 0 Å². The fraction of sp³-hybridized carbons (Fsp3) is 0.429. The zero-order chi connectivity index (χ0) is 19.2. The summed E-state index contributed by atoms with van der Waals surface area (Å²) < 4.78 is 24.3. The van der Waals surface area contributed by atoms with Crippen LogP contribution in [0.15, 0.2) is 53.0 Å². The highest BCUT2D eigenvalue weighted by Gasteiger charge is 2.37. The predicted octanol–water partition coefficient (Wildman–Crippen LogP) is 2.99. The van der Waals surface area contributed by atoms with Gasteiger partial charge in [0.15, 0.2) is 0 Å².